The molecule has 0 spiro atoms. The zero-order valence-corrected chi connectivity index (χ0v) is 16.4. The van der Waals surface area contributed by atoms with Crippen LogP contribution in [0.1, 0.15) is 25.0 Å². The van der Waals surface area contributed by atoms with Crippen LogP contribution < -0.4 is 14.8 Å². The molecule has 0 aromatic heterocycles. The van der Waals surface area contributed by atoms with E-state index >= 15 is 0 Å². The summed E-state index contributed by atoms with van der Waals surface area (Å²) < 4.78 is 11.0. The number of carbonyl (C=O) groups is 1. The molecule has 5 nitrogen and oxygen atoms in total. The minimum Gasteiger partial charge on any atom is -0.493 e. The second kappa shape index (κ2) is 9.11. The maximum atomic E-state index is 12.4. The van der Waals surface area contributed by atoms with Crippen LogP contribution in [0.25, 0.3) is 6.08 Å². The molecule has 2 aromatic carbocycles. The molecule has 6 heteroatoms. The zero-order chi connectivity index (χ0) is 20.0. The molecule has 1 amide bonds. The number of aryl methyl sites for hydroxylation is 1. The minimum absolute atomic E-state index is 0.0489. The third-order valence-corrected chi connectivity index (χ3v) is 3.84. The molecule has 27 heavy (non-hydrogen) atoms. The molecule has 0 radical (unpaired) electrons. The van der Waals surface area contributed by atoms with Gasteiger partial charge in [-0.2, -0.15) is 5.26 Å². The third kappa shape index (κ3) is 5.50. The van der Waals surface area contributed by atoms with Gasteiger partial charge in [0.05, 0.1) is 18.2 Å². The van der Waals surface area contributed by atoms with E-state index in [0.717, 1.165) is 5.56 Å². The number of nitrogens with zero attached hydrogens (tertiary/aromatic N) is 1. The molecule has 0 aliphatic rings. The molecule has 1 N–H and O–H groups in total. The van der Waals surface area contributed by atoms with Crippen molar-refractivity contribution in [3.63, 3.8) is 0 Å². The largest absolute Gasteiger partial charge is 0.493 e. The van der Waals surface area contributed by atoms with Gasteiger partial charge in [0.15, 0.2) is 11.5 Å². The summed E-state index contributed by atoms with van der Waals surface area (Å²) in [6, 6.07) is 12.6. The molecular weight excluding hydrogens is 364 g/mol. The smallest absolute Gasteiger partial charge is 0.266 e. The van der Waals surface area contributed by atoms with Gasteiger partial charge in [-0.15, -0.1) is 0 Å². The number of ether oxygens (including phenoxy) is 2. The molecule has 0 saturated heterocycles. The molecule has 0 heterocycles. The first-order chi connectivity index (χ1) is 12.8. The van der Waals surface area contributed by atoms with Gasteiger partial charge in [-0.25, -0.2) is 0 Å². The van der Waals surface area contributed by atoms with E-state index < -0.39 is 5.91 Å². The van der Waals surface area contributed by atoms with Crippen molar-refractivity contribution < 1.29 is 14.3 Å². The Morgan fingerprint density at radius 2 is 2.04 bits per heavy atom. The first-order valence-electron chi connectivity index (χ1n) is 8.38. The van der Waals surface area contributed by atoms with Gasteiger partial charge in [-0.3, -0.25) is 4.79 Å². The van der Waals surface area contributed by atoms with Crippen molar-refractivity contribution in [2.75, 3.05) is 12.4 Å². The summed E-state index contributed by atoms with van der Waals surface area (Å²) >= 11 is 6.29. The SMILES string of the molecule is COc1cc(/C=C(\C#N)C(=O)Nc2cccc(C)c2)cc(Cl)c1OC(C)C. The second-order valence-electron chi connectivity index (χ2n) is 6.19. The fourth-order valence-electron chi connectivity index (χ4n) is 2.41. The first-order valence-corrected chi connectivity index (χ1v) is 8.75. The van der Waals surface area contributed by atoms with Crippen LogP contribution in [-0.2, 0) is 4.79 Å². The molecule has 0 unspecified atom stereocenters. The standard InChI is InChI=1S/C21H21ClN2O3/c1-13(2)27-20-18(22)10-15(11-19(20)26-4)9-16(12-23)21(25)24-17-7-5-6-14(3)8-17/h5-11,13H,1-4H3,(H,24,25)/b16-9+. The van der Waals surface area contributed by atoms with E-state index in [2.05, 4.69) is 5.32 Å². The lowest BCUT2D eigenvalue weighted by molar-refractivity contribution is -0.112. The van der Waals surface area contributed by atoms with Crippen LogP contribution in [0.15, 0.2) is 42.0 Å². The average Bonchev–Trinajstić information content (AvgIpc) is 2.61. The fourth-order valence-corrected chi connectivity index (χ4v) is 2.67. The molecule has 0 bridgehead atoms. The number of anilines is 1. The van der Waals surface area contributed by atoms with Crippen LogP contribution in [0.3, 0.4) is 0 Å². The minimum atomic E-state index is -0.499. The Morgan fingerprint density at radius 3 is 2.63 bits per heavy atom. The van der Waals surface area contributed by atoms with Crippen LogP contribution in [0.2, 0.25) is 5.02 Å². The Kier molecular flexibility index (Phi) is 6.86. The number of nitriles is 1. The number of hydrogen-bond acceptors (Lipinski definition) is 4. The van der Waals surface area contributed by atoms with E-state index in [9.17, 15) is 10.1 Å². The molecule has 2 rings (SSSR count). The van der Waals surface area contributed by atoms with E-state index in [1.165, 1.54) is 13.2 Å². The van der Waals surface area contributed by atoms with Gasteiger partial charge in [-0.1, -0.05) is 23.7 Å². The van der Waals surface area contributed by atoms with Gasteiger partial charge >= 0.3 is 0 Å². The maximum absolute atomic E-state index is 12.4. The van der Waals surface area contributed by atoms with Crippen LogP contribution >= 0.6 is 11.6 Å². The Morgan fingerprint density at radius 1 is 1.30 bits per heavy atom. The highest BCUT2D eigenvalue weighted by atomic mass is 35.5. The first kappa shape index (κ1) is 20.3. The van der Waals surface area contributed by atoms with Crippen LogP contribution in [0.4, 0.5) is 5.69 Å². The van der Waals surface area contributed by atoms with Gasteiger partial charge in [0.25, 0.3) is 5.91 Å². The number of carbonyl (C=O) groups excluding carboxylic acids is 1. The number of hydrogen-bond donors (Lipinski definition) is 1. The lowest BCUT2D eigenvalue weighted by Crippen LogP contribution is -2.13. The van der Waals surface area contributed by atoms with Gasteiger partial charge in [0.2, 0.25) is 0 Å². The number of benzene rings is 2. The average molecular weight is 385 g/mol. The predicted molar refractivity (Wildman–Crippen MR) is 107 cm³/mol. The van der Waals surface area contributed by atoms with Crippen LogP contribution in [0.5, 0.6) is 11.5 Å². The van der Waals surface area contributed by atoms with E-state index in [4.69, 9.17) is 21.1 Å². The van der Waals surface area contributed by atoms with Crippen molar-refractivity contribution in [3.8, 4) is 17.6 Å². The Hall–Kier alpha value is -2.97. The van der Waals surface area contributed by atoms with Crippen molar-refractivity contribution in [2.45, 2.75) is 26.9 Å². The van der Waals surface area contributed by atoms with E-state index in [1.54, 1.807) is 18.2 Å². The van der Waals surface area contributed by atoms with Crippen molar-refractivity contribution in [1.29, 1.82) is 5.26 Å². The zero-order valence-electron chi connectivity index (χ0n) is 15.7. The van der Waals surface area contributed by atoms with E-state index in [-0.39, 0.29) is 11.7 Å². The molecule has 0 fully saturated rings. The van der Waals surface area contributed by atoms with Gasteiger partial charge in [0.1, 0.15) is 11.6 Å². The van der Waals surface area contributed by atoms with Crippen molar-refractivity contribution in [1.82, 2.24) is 0 Å². The number of amides is 1. The Labute approximate surface area is 164 Å². The molecule has 2 aromatic rings. The molecule has 0 atom stereocenters. The van der Waals surface area contributed by atoms with Crippen LogP contribution in [0, 0.1) is 18.3 Å². The number of halogens is 1. The Bertz CT molecular complexity index is 914. The normalized spacial score (nSPS) is 11.1. The highest BCUT2D eigenvalue weighted by molar-refractivity contribution is 6.32. The molecule has 0 aliphatic heterocycles. The predicted octanol–water partition coefficient (Wildman–Crippen LogP) is 4.99. The summed E-state index contributed by atoms with van der Waals surface area (Å²) in [5, 5.41) is 12.4. The summed E-state index contributed by atoms with van der Waals surface area (Å²) in [5.74, 6) is 0.355. The highest BCUT2D eigenvalue weighted by Gasteiger charge is 2.15. The molecular formula is C21H21ClN2O3. The maximum Gasteiger partial charge on any atom is 0.266 e. The van der Waals surface area contributed by atoms with Gasteiger partial charge < -0.3 is 14.8 Å². The number of rotatable bonds is 6. The van der Waals surface area contributed by atoms with Crippen molar-refractivity contribution in [3.05, 3.63) is 58.1 Å². The Balaban J connectivity index is 2.32. The number of methoxy groups -OCH3 is 1. The van der Waals surface area contributed by atoms with E-state index in [0.29, 0.717) is 27.8 Å². The van der Waals surface area contributed by atoms with Crippen molar-refractivity contribution >= 4 is 29.3 Å². The molecule has 140 valence electrons. The van der Waals surface area contributed by atoms with Gasteiger partial charge in [0, 0.05) is 5.69 Å². The molecule has 0 saturated carbocycles. The monoisotopic (exact) mass is 384 g/mol. The quantitative estimate of drug-likeness (QED) is 0.562. The van der Waals surface area contributed by atoms with Crippen LogP contribution in [-0.4, -0.2) is 19.1 Å². The number of nitrogens with one attached hydrogen (secondary N) is 1. The van der Waals surface area contributed by atoms with Gasteiger partial charge in [-0.05, 0) is 62.2 Å². The molecule has 0 aliphatic carbocycles. The van der Waals surface area contributed by atoms with E-state index in [1.807, 2.05) is 45.0 Å². The third-order valence-electron chi connectivity index (χ3n) is 3.56. The lowest BCUT2D eigenvalue weighted by atomic mass is 10.1. The summed E-state index contributed by atoms with van der Waals surface area (Å²) in [5.41, 5.74) is 2.14. The fraction of sp³-hybridized carbons (Fsp3) is 0.238. The second-order valence-corrected chi connectivity index (χ2v) is 6.60. The lowest BCUT2D eigenvalue weighted by Gasteiger charge is -2.15. The summed E-state index contributed by atoms with van der Waals surface area (Å²) in [6.45, 7) is 5.69. The summed E-state index contributed by atoms with van der Waals surface area (Å²) in [4.78, 5) is 12.4. The van der Waals surface area contributed by atoms with Crippen molar-refractivity contribution in [2.24, 2.45) is 0 Å². The highest BCUT2D eigenvalue weighted by Crippen LogP contribution is 2.37. The summed E-state index contributed by atoms with van der Waals surface area (Å²) in [7, 11) is 1.50. The topological polar surface area (TPSA) is 71.3 Å². The summed E-state index contributed by atoms with van der Waals surface area (Å²) in [6.07, 6.45) is 1.38.